The van der Waals surface area contributed by atoms with Crippen LogP contribution in [0.4, 0.5) is 11.4 Å². The number of carbonyl (C=O) groups is 2. The van der Waals surface area contributed by atoms with Crippen molar-refractivity contribution in [2.75, 3.05) is 36.9 Å². The number of para-hydroxylation sites is 2. The maximum absolute atomic E-state index is 13.6. The summed E-state index contributed by atoms with van der Waals surface area (Å²) in [6.45, 7) is -0.248. The zero-order valence-corrected chi connectivity index (χ0v) is 24.6. The Morgan fingerprint density at radius 1 is 0.833 bits per heavy atom. The Labute approximate surface area is 250 Å². The second kappa shape index (κ2) is 13.9. The smallest absolute Gasteiger partial charge is 0.264 e. The van der Waals surface area contributed by atoms with E-state index >= 15 is 0 Å². The predicted molar refractivity (Wildman–Crippen MR) is 163 cm³/mol. The highest BCUT2D eigenvalue weighted by molar-refractivity contribution is 7.92. The highest BCUT2D eigenvalue weighted by Crippen LogP contribution is 2.31. The largest absolute Gasteiger partial charge is 0.493 e. The first kappa shape index (κ1) is 30.4. The third-order valence-corrected chi connectivity index (χ3v) is 8.43. The van der Waals surface area contributed by atoms with Gasteiger partial charge in [-0.1, -0.05) is 60.1 Å². The number of methoxy groups -OCH3 is 2. The van der Waals surface area contributed by atoms with Crippen molar-refractivity contribution in [3.05, 3.63) is 113 Å². The Morgan fingerprint density at radius 2 is 1.50 bits per heavy atom. The Bertz CT molecular complexity index is 1660. The zero-order valence-electron chi connectivity index (χ0n) is 23.0. The maximum Gasteiger partial charge on any atom is 0.264 e. The van der Waals surface area contributed by atoms with Gasteiger partial charge in [-0.2, -0.15) is 0 Å². The lowest BCUT2D eigenvalue weighted by molar-refractivity contribution is -0.114. The fourth-order valence-electron chi connectivity index (χ4n) is 4.24. The van der Waals surface area contributed by atoms with Gasteiger partial charge in [0, 0.05) is 6.54 Å². The number of rotatable bonds is 12. The van der Waals surface area contributed by atoms with Crippen LogP contribution in [0.15, 0.2) is 102 Å². The van der Waals surface area contributed by atoms with Gasteiger partial charge in [0.15, 0.2) is 11.5 Å². The molecule has 0 radical (unpaired) electrons. The zero-order chi connectivity index (χ0) is 30.1. The number of anilines is 2. The van der Waals surface area contributed by atoms with Gasteiger partial charge in [0.1, 0.15) is 6.54 Å². The summed E-state index contributed by atoms with van der Waals surface area (Å²) < 4.78 is 38.7. The number of nitrogens with one attached hydrogen (secondary N) is 2. The first-order valence-corrected chi connectivity index (χ1v) is 14.8. The molecule has 2 amide bonds. The molecule has 0 aromatic heterocycles. The molecule has 9 nitrogen and oxygen atoms in total. The first-order valence-electron chi connectivity index (χ1n) is 12.9. The molecule has 0 heterocycles. The Morgan fingerprint density at radius 3 is 2.21 bits per heavy atom. The van der Waals surface area contributed by atoms with Crippen LogP contribution < -0.4 is 24.4 Å². The van der Waals surface area contributed by atoms with E-state index in [2.05, 4.69) is 10.6 Å². The van der Waals surface area contributed by atoms with E-state index in [1.807, 2.05) is 12.1 Å². The maximum atomic E-state index is 13.6. The van der Waals surface area contributed by atoms with Crippen LogP contribution in [0.1, 0.15) is 15.9 Å². The minimum absolute atomic E-state index is 0.00646. The molecule has 4 aromatic carbocycles. The Hall–Kier alpha value is -4.54. The molecular weight excluding hydrogens is 578 g/mol. The highest BCUT2D eigenvalue weighted by atomic mass is 35.5. The molecule has 2 N–H and O–H groups in total. The molecule has 0 saturated carbocycles. The number of halogens is 1. The standard InChI is InChI=1S/C31H30ClN3O6S/c1-40-28-17-16-22(20-29(28)41-2)18-19-33-31(37)24-12-6-8-14-26(24)34-30(36)21-35(27-15-9-7-13-25(27)32)42(38,39)23-10-4-3-5-11-23/h3-17,20H,18-19,21H2,1-2H3,(H,33,37)(H,34,36). The fraction of sp³-hybridized carbons (Fsp3) is 0.161. The van der Waals surface area contributed by atoms with Gasteiger partial charge in [-0.25, -0.2) is 8.42 Å². The Balaban J connectivity index is 1.49. The van der Waals surface area contributed by atoms with Crippen LogP contribution in [-0.2, 0) is 21.2 Å². The molecule has 0 unspecified atom stereocenters. The summed E-state index contributed by atoms with van der Waals surface area (Å²) in [6.07, 6.45) is 0.533. The second-order valence-corrected chi connectivity index (χ2v) is 11.3. The van der Waals surface area contributed by atoms with Crippen molar-refractivity contribution < 1.29 is 27.5 Å². The van der Waals surface area contributed by atoms with Crippen molar-refractivity contribution in [2.24, 2.45) is 0 Å². The topological polar surface area (TPSA) is 114 Å². The number of amides is 2. The number of hydrogen-bond donors (Lipinski definition) is 2. The number of carbonyl (C=O) groups excluding carboxylic acids is 2. The lowest BCUT2D eigenvalue weighted by Crippen LogP contribution is -2.38. The molecular formula is C31H30ClN3O6S. The van der Waals surface area contributed by atoms with E-state index in [0.29, 0.717) is 24.5 Å². The van der Waals surface area contributed by atoms with Crippen molar-refractivity contribution in [2.45, 2.75) is 11.3 Å². The highest BCUT2D eigenvalue weighted by Gasteiger charge is 2.29. The van der Waals surface area contributed by atoms with Crippen LogP contribution in [-0.4, -0.2) is 47.5 Å². The van der Waals surface area contributed by atoms with E-state index < -0.39 is 28.4 Å². The van der Waals surface area contributed by atoms with E-state index in [-0.39, 0.29) is 26.9 Å². The average Bonchev–Trinajstić information content (AvgIpc) is 3.00. The molecule has 4 aromatic rings. The quantitative estimate of drug-likeness (QED) is 0.230. The third-order valence-electron chi connectivity index (χ3n) is 6.33. The van der Waals surface area contributed by atoms with Gasteiger partial charge >= 0.3 is 0 Å². The summed E-state index contributed by atoms with van der Waals surface area (Å²) in [4.78, 5) is 26.3. The summed E-state index contributed by atoms with van der Waals surface area (Å²) >= 11 is 6.34. The molecule has 0 fully saturated rings. The molecule has 218 valence electrons. The molecule has 42 heavy (non-hydrogen) atoms. The number of ether oxygens (including phenoxy) is 2. The van der Waals surface area contributed by atoms with Crippen molar-refractivity contribution in [3.8, 4) is 11.5 Å². The summed E-state index contributed by atoms with van der Waals surface area (Å²) in [5.41, 5.74) is 1.56. The van der Waals surface area contributed by atoms with E-state index in [4.69, 9.17) is 21.1 Å². The predicted octanol–water partition coefficient (Wildman–Crippen LogP) is 5.16. The van der Waals surface area contributed by atoms with Crippen LogP contribution >= 0.6 is 11.6 Å². The second-order valence-electron chi connectivity index (χ2n) is 9.07. The number of nitrogens with zero attached hydrogens (tertiary/aromatic N) is 1. The molecule has 0 bridgehead atoms. The summed E-state index contributed by atoms with van der Waals surface area (Å²) in [5.74, 6) is 0.153. The molecule has 4 rings (SSSR count). The molecule has 0 spiro atoms. The summed E-state index contributed by atoms with van der Waals surface area (Å²) in [6, 6.07) is 26.2. The number of hydrogen-bond acceptors (Lipinski definition) is 6. The van der Waals surface area contributed by atoms with Crippen LogP contribution in [0.5, 0.6) is 11.5 Å². The van der Waals surface area contributed by atoms with Gasteiger partial charge in [0.2, 0.25) is 5.91 Å². The van der Waals surface area contributed by atoms with Crippen molar-refractivity contribution in [3.63, 3.8) is 0 Å². The van der Waals surface area contributed by atoms with Gasteiger partial charge in [-0.05, 0) is 60.5 Å². The van der Waals surface area contributed by atoms with Gasteiger partial charge in [0.05, 0.1) is 41.1 Å². The lowest BCUT2D eigenvalue weighted by Gasteiger charge is -2.25. The Kier molecular flexibility index (Phi) is 10.1. The molecule has 0 saturated heterocycles. The molecule has 0 aliphatic heterocycles. The normalized spacial score (nSPS) is 10.9. The third kappa shape index (κ3) is 7.20. The van der Waals surface area contributed by atoms with Crippen LogP contribution in [0.2, 0.25) is 5.02 Å². The van der Waals surface area contributed by atoms with Crippen molar-refractivity contribution in [1.29, 1.82) is 0 Å². The van der Waals surface area contributed by atoms with E-state index in [1.54, 1.807) is 80.9 Å². The SMILES string of the molecule is COc1ccc(CCNC(=O)c2ccccc2NC(=O)CN(c2ccccc2Cl)S(=O)(=O)c2ccccc2)cc1OC. The van der Waals surface area contributed by atoms with Crippen LogP contribution in [0.25, 0.3) is 0 Å². The number of benzene rings is 4. The first-order chi connectivity index (χ1) is 20.2. The van der Waals surface area contributed by atoms with Gasteiger partial charge in [-0.15, -0.1) is 0 Å². The van der Waals surface area contributed by atoms with E-state index in [0.717, 1.165) is 9.87 Å². The van der Waals surface area contributed by atoms with Crippen LogP contribution in [0.3, 0.4) is 0 Å². The monoisotopic (exact) mass is 607 g/mol. The minimum Gasteiger partial charge on any atom is -0.493 e. The van der Waals surface area contributed by atoms with E-state index in [9.17, 15) is 18.0 Å². The van der Waals surface area contributed by atoms with E-state index in [1.165, 1.54) is 18.2 Å². The number of sulfonamides is 1. The summed E-state index contributed by atoms with van der Waals surface area (Å²) in [7, 11) is -1.03. The van der Waals surface area contributed by atoms with Gasteiger partial charge in [0.25, 0.3) is 15.9 Å². The minimum atomic E-state index is -4.15. The van der Waals surface area contributed by atoms with Crippen LogP contribution in [0, 0.1) is 0 Å². The lowest BCUT2D eigenvalue weighted by atomic mass is 10.1. The van der Waals surface area contributed by atoms with Gasteiger partial charge in [-0.3, -0.25) is 13.9 Å². The fourth-order valence-corrected chi connectivity index (χ4v) is 5.98. The average molecular weight is 608 g/mol. The van der Waals surface area contributed by atoms with Crippen molar-refractivity contribution >= 4 is 44.8 Å². The molecule has 11 heteroatoms. The summed E-state index contributed by atoms with van der Waals surface area (Å²) in [5, 5.41) is 5.72. The van der Waals surface area contributed by atoms with Crippen molar-refractivity contribution in [1.82, 2.24) is 5.32 Å². The van der Waals surface area contributed by atoms with Gasteiger partial charge < -0.3 is 20.1 Å². The molecule has 0 aliphatic carbocycles. The molecule has 0 atom stereocenters. The molecule has 0 aliphatic rings.